The minimum absolute atomic E-state index is 0.0553. The van der Waals surface area contributed by atoms with E-state index in [1.54, 1.807) is 0 Å². The lowest BCUT2D eigenvalue weighted by atomic mass is 9.73. The molecule has 4 aliphatic heterocycles. The van der Waals surface area contributed by atoms with Crippen molar-refractivity contribution in [3.05, 3.63) is 0 Å². The summed E-state index contributed by atoms with van der Waals surface area (Å²) in [5, 5.41) is 135. The van der Waals surface area contributed by atoms with Crippen molar-refractivity contribution in [2.24, 2.45) is 11.8 Å². The lowest BCUT2D eigenvalue weighted by molar-refractivity contribution is -0.351. The average molecular weight is 773 g/mol. The summed E-state index contributed by atoms with van der Waals surface area (Å²) in [5.41, 5.74) is 0. The van der Waals surface area contributed by atoms with Gasteiger partial charge in [-0.1, -0.05) is 0 Å². The van der Waals surface area contributed by atoms with Gasteiger partial charge < -0.3 is 99.5 Å². The third-order valence-corrected chi connectivity index (χ3v) is 11.7. The summed E-state index contributed by atoms with van der Waals surface area (Å²) in [7, 11) is 0. The van der Waals surface area contributed by atoms with Crippen molar-refractivity contribution in [1.82, 2.24) is 0 Å². The molecule has 53 heavy (non-hydrogen) atoms. The SMILES string of the molecule is OCC1OC(OCC2OC(OCC3OC(OC4CC5C(O)CC(O)CC5OC4C4CCC(O)CC4)C(O)C(O)C3O)C(O)C(O)C2O)C(O)C(O)C1O. The molecule has 6 fully saturated rings. The van der Waals surface area contributed by atoms with Crippen LogP contribution in [0.4, 0.5) is 0 Å². The Labute approximate surface area is 305 Å². The minimum Gasteiger partial charge on any atom is -0.394 e. The summed E-state index contributed by atoms with van der Waals surface area (Å²) < 4.78 is 40.7. The number of hydrogen-bond donors (Lipinski definition) is 13. The number of rotatable bonds is 10. The van der Waals surface area contributed by atoms with E-state index >= 15 is 0 Å². The van der Waals surface area contributed by atoms with Gasteiger partial charge in [0.25, 0.3) is 0 Å². The van der Waals surface area contributed by atoms with E-state index in [1.165, 1.54) is 0 Å². The molecule has 4 heterocycles. The Hall–Kier alpha value is -0.800. The summed E-state index contributed by atoms with van der Waals surface area (Å²) in [4.78, 5) is 0. The molecule has 2 aliphatic carbocycles. The number of aliphatic hydroxyl groups is 13. The van der Waals surface area contributed by atoms with E-state index in [1.807, 2.05) is 0 Å². The predicted molar refractivity (Wildman–Crippen MR) is 170 cm³/mol. The summed E-state index contributed by atoms with van der Waals surface area (Å²) >= 11 is 0. The maximum atomic E-state index is 10.9. The smallest absolute Gasteiger partial charge is 0.187 e. The first kappa shape index (κ1) is 41.8. The highest BCUT2D eigenvalue weighted by Gasteiger charge is 2.53. The Morgan fingerprint density at radius 3 is 1.51 bits per heavy atom. The van der Waals surface area contributed by atoms with E-state index in [4.69, 9.17) is 33.2 Å². The van der Waals surface area contributed by atoms with Crippen LogP contribution in [0.2, 0.25) is 0 Å². The zero-order valence-electron chi connectivity index (χ0n) is 29.0. The maximum absolute atomic E-state index is 10.9. The van der Waals surface area contributed by atoms with Gasteiger partial charge in [0.1, 0.15) is 73.2 Å². The molecular weight excluding hydrogens is 716 g/mol. The van der Waals surface area contributed by atoms with Crippen molar-refractivity contribution >= 4 is 0 Å². The van der Waals surface area contributed by atoms with E-state index in [2.05, 4.69) is 0 Å². The molecule has 0 amide bonds. The second kappa shape index (κ2) is 17.8. The van der Waals surface area contributed by atoms with Gasteiger partial charge in [-0.25, -0.2) is 0 Å². The molecule has 4 saturated heterocycles. The van der Waals surface area contributed by atoms with Crippen LogP contribution in [0, 0.1) is 11.8 Å². The van der Waals surface area contributed by atoms with Crippen molar-refractivity contribution in [3.63, 3.8) is 0 Å². The third kappa shape index (κ3) is 9.02. The quantitative estimate of drug-likeness (QED) is 0.0982. The first-order valence-corrected chi connectivity index (χ1v) is 18.5. The van der Waals surface area contributed by atoms with E-state index in [0.717, 1.165) is 0 Å². The van der Waals surface area contributed by atoms with Crippen LogP contribution >= 0.6 is 0 Å². The molecule has 21 unspecified atom stereocenters. The number of aliphatic hydroxyl groups excluding tert-OH is 13. The Balaban J connectivity index is 1.09. The van der Waals surface area contributed by atoms with Crippen LogP contribution in [0.5, 0.6) is 0 Å². The molecular formula is C33H56O20. The topological polar surface area (TPSA) is 328 Å². The summed E-state index contributed by atoms with van der Waals surface area (Å²) in [6, 6.07) is 0. The summed E-state index contributed by atoms with van der Waals surface area (Å²) in [6.45, 7) is -1.91. The van der Waals surface area contributed by atoms with Crippen molar-refractivity contribution in [2.45, 2.75) is 174 Å². The van der Waals surface area contributed by atoms with Gasteiger partial charge in [-0.15, -0.1) is 0 Å². The number of ether oxygens (including phenoxy) is 7. The van der Waals surface area contributed by atoms with Gasteiger partial charge in [0.05, 0.1) is 56.4 Å². The van der Waals surface area contributed by atoms with Crippen LogP contribution in [0.1, 0.15) is 44.9 Å². The number of hydrogen-bond acceptors (Lipinski definition) is 20. The molecule has 0 bridgehead atoms. The highest BCUT2D eigenvalue weighted by Crippen LogP contribution is 2.43. The highest BCUT2D eigenvalue weighted by molar-refractivity contribution is 4.99. The van der Waals surface area contributed by atoms with Crippen LogP contribution in [-0.2, 0) is 33.2 Å². The lowest BCUT2D eigenvalue weighted by Gasteiger charge is -2.51. The first-order chi connectivity index (χ1) is 25.2. The molecule has 308 valence electrons. The van der Waals surface area contributed by atoms with Crippen molar-refractivity contribution in [2.75, 3.05) is 19.8 Å². The number of fused-ring (bicyclic) bond motifs is 1. The minimum atomic E-state index is -1.85. The highest BCUT2D eigenvalue weighted by atomic mass is 16.7. The average Bonchev–Trinajstić information content (AvgIpc) is 3.13. The standard InChI is InChI=1S/C33H56O20/c34-8-18-21(38)24(41)27(44)31(51-18)47-9-19-22(39)25(42)28(45)32(52-19)48-10-20-23(40)26(43)29(46)33(53-20)50-17-7-14-15(37)5-13(36)6-16(14)49-30(17)11-1-3-12(35)4-2-11/h11-46H,1-10H2. The van der Waals surface area contributed by atoms with Gasteiger partial charge in [-0.05, 0) is 50.9 Å². The maximum Gasteiger partial charge on any atom is 0.187 e. The monoisotopic (exact) mass is 772 g/mol. The van der Waals surface area contributed by atoms with Crippen LogP contribution in [0.15, 0.2) is 0 Å². The molecule has 0 spiro atoms. The van der Waals surface area contributed by atoms with E-state index in [-0.39, 0.29) is 18.8 Å². The molecule has 0 aromatic rings. The zero-order valence-corrected chi connectivity index (χ0v) is 29.0. The lowest BCUT2D eigenvalue weighted by Crippen LogP contribution is -2.63. The van der Waals surface area contributed by atoms with Crippen LogP contribution in [0.25, 0.3) is 0 Å². The van der Waals surface area contributed by atoms with Gasteiger partial charge in [0.2, 0.25) is 0 Å². The third-order valence-electron chi connectivity index (χ3n) is 11.7. The molecule has 6 rings (SSSR count). The Morgan fingerprint density at radius 2 is 0.962 bits per heavy atom. The second-order valence-electron chi connectivity index (χ2n) is 15.4. The summed E-state index contributed by atoms with van der Waals surface area (Å²) in [6.07, 6.45) is -25.4. The van der Waals surface area contributed by atoms with Crippen molar-refractivity contribution in [1.29, 1.82) is 0 Å². The van der Waals surface area contributed by atoms with E-state index in [9.17, 15) is 66.4 Å². The fourth-order valence-electron chi connectivity index (χ4n) is 8.49. The molecule has 20 nitrogen and oxygen atoms in total. The Bertz CT molecular complexity index is 1150. The predicted octanol–water partition coefficient (Wildman–Crippen LogP) is -6.34. The summed E-state index contributed by atoms with van der Waals surface area (Å²) in [5.74, 6) is -0.450. The first-order valence-electron chi connectivity index (χ1n) is 18.5. The zero-order chi connectivity index (χ0) is 38.3. The Kier molecular flexibility index (Phi) is 14.0. The normalized spacial score (nSPS) is 53.9. The fraction of sp³-hybridized carbons (Fsp3) is 1.00. The van der Waals surface area contributed by atoms with Crippen molar-refractivity contribution < 1.29 is 99.5 Å². The molecule has 13 N–H and O–H groups in total. The van der Waals surface area contributed by atoms with Gasteiger partial charge in [0.15, 0.2) is 18.9 Å². The van der Waals surface area contributed by atoms with Crippen LogP contribution in [0.3, 0.4) is 0 Å². The van der Waals surface area contributed by atoms with Gasteiger partial charge >= 0.3 is 0 Å². The van der Waals surface area contributed by atoms with Gasteiger partial charge in [-0.2, -0.15) is 0 Å². The van der Waals surface area contributed by atoms with Gasteiger partial charge in [-0.3, -0.25) is 0 Å². The molecule has 2 saturated carbocycles. The fourth-order valence-corrected chi connectivity index (χ4v) is 8.49. The van der Waals surface area contributed by atoms with Crippen LogP contribution < -0.4 is 0 Å². The molecule has 21 atom stereocenters. The molecule has 6 aliphatic rings. The van der Waals surface area contributed by atoms with E-state index < -0.39 is 154 Å². The second-order valence-corrected chi connectivity index (χ2v) is 15.4. The van der Waals surface area contributed by atoms with Crippen molar-refractivity contribution in [3.8, 4) is 0 Å². The van der Waals surface area contributed by atoms with E-state index in [0.29, 0.717) is 32.1 Å². The Morgan fingerprint density at radius 1 is 0.472 bits per heavy atom. The van der Waals surface area contributed by atoms with Crippen LogP contribution in [-0.4, -0.2) is 215 Å². The largest absolute Gasteiger partial charge is 0.394 e. The molecule has 20 heteroatoms. The van der Waals surface area contributed by atoms with Gasteiger partial charge in [0, 0.05) is 5.92 Å². The molecule has 0 radical (unpaired) electrons. The molecule has 0 aromatic heterocycles. The molecule has 0 aromatic carbocycles.